The van der Waals surface area contributed by atoms with Crippen LogP contribution >= 0.6 is 0 Å². The smallest absolute Gasteiger partial charge is 0.0524 e. The number of aliphatic hydroxyl groups excluding tert-OH is 1. The molecule has 1 unspecified atom stereocenters. The highest BCUT2D eigenvalue weighted by Gasteiger charge is 2.02. The van der Waals surface area contributed by atoms with Gasteiger partial charge in [-0.15, -0.1) is 0 Å². The van der Waals surface area contributed by atoms with E-state index in [-0.39, 0.29) is 6.10 Å². The first-order valence-electron chi connectivity index (χ1n) is 6.06. The van der Waals surface area contributed by atoms with E-state index in [2.05, 4.69) is 43.1 Å². The second-order valence-electron chi connectivity index (χ2n) is 4.55. The Balaban J connectivity index is 2.40. The quantitative estimate of drug-likeness (QED) is 0.797. The second kappa shape index (κ2) is 6.66. The summed E-state index contributed by atoms with van der Waals surface area (Å²) in [4.78, 5) is 2.24. The van der Waals surface area contributed by atoms with Crippen LogP contribution in [0.15, 0.2) is 24.3 Å². The molecule has 0 saturated heterocycles. The number of benzene rings is 1. The minimum atomic E-state index is -0.204. The molecule has 1 aromatic rings. The Bertz CT molecular complexity index is 292. The summed E-state index contributed by atoms with van der Waals surface area (Å²) in [5.41, 5.74) is 2.72. The zero-order valence-corrected chi connectivity index (χ0v) is 10.6. The summed E-state index contributed by atoms with van der Waals surface area (Å²) >= 11 is 0. The predicted octanol–water partition coefficient (Wildman–Crippen LogP) is 2.45. The molecule has 0 aliphatic carbocycles. The van der Waals surface area contributed by atoms with E-state index >= 15 is 0 Å². The van der Waals surface area contributed by atoms with Gasteiger partial charge >= 0.3 is 0 Å². The predicted molar refractivity (Wildman–Crippen MR) is 68.5 cm³/mol. The average Bonchev–Trinajstić information content (AvgIpc) is 2.27. The Hall–Kier alpha value is -0.860. The lowest BCUT2D eigenvalue weighted by molar-refractivity contribution is 0.163. The van der Waals surface area contributed by atoms with Gasteiger partial charge in [-0.05, 0) is 37.9 Å². The van der Waals surface area contributed by atoms with Crippen molar-refractivity contribution in [2.45, 2.75) is 39.3 Å². The molecule has 0 radical (unpaired) electrons. The maximum Gasteiger partial charge on any atom is 0.0524 e. The van der Waals surface area contributed by atoms with Crippen LogP contribution in [0.3, 0.4) is 0 Å². The lowest BCUT2D eigenvalue weighted by atomic mass is 10.1. The van der Waals surface area contributed by atoms with Crippen LogP contribution < -0.4 is 0 Å². The molecular weight excluding hydrogens is 198 g/mol. The van der Waals surface area contributed by atoms with Gasteiger partial charge in [0.25, 0.3) is 0 Å². The number of hydrogen-bond donors (Lipinski definition) is 1. The van der Waals surface area contributed by atoms with E-state index in [1.807, 2.05) is 6.92 Å². The van der Waals surface area contributed by atoms with Crippen LogP contribution in [-0.4, -0.2) is 29.7 Å². The molecule has 1 atom stereocenters. The topological polar surface area (TPSA) is 23.5 Å². The summed E-state index contributed by atoms with van der Waals surface area (Å²) in [5, 5.41) is 9.21. The van der Waals surface area contributed by atoms with Crippen LogP contribution in [0.5, 0.6) is 0 Å². The monoisotopic (exact) mass is 221 g/mol. The Kier molecular flexibility index (Phi) is 5.50. The van der Waals surface area contributed by atoms with Crippen molar-refractivity contribution in [2.24, 2.45) is 0 Å². The molecule has 0 heterocycles. The summed E-state index contributed by atoms with van der Waals surface area (Å²) in [7, 11) is 2.09. The maximum absolute atomic E-state index is 9.21. The van der Waals surface area contributed by atoms with Crippen LogP contribution in [-0.2, 0) is 13.0 Å². The first-order chi connectivity index (χ1) is 7.61. The van der Waals surface area contributed by atoms with E-state index < -0.39 is 0 Å². The van der Waals surface area contributed by atoms with Crippen molar-refractivity contribution < 1.29 is 5.11 Å². The minimum absolute atomic E-state index is 0.204. The fourth-order valence-corrected chi connectivity index (χ4v) is 1.68. The van der Waals surface area contributed by atoms with Gasteiger partial charge in [0.05, 0.1) is 6.10 Å². The summed E-state index contributed by atoms with van der Waals surface area (Å²) in [5.74, 6) is 0. The lowest BCUT2D eigenvalue weighted by Crippen LogP contribution is -2.22. The standard InChI is InChI=1S/C14H23NO/c1-4-13-5-7-14(8-6-13)11-15(3)10-9-12(2)16/h5-8,12,16H,4,9-11H2,1-3H3. The average molecular weight is 221 g/mol. The van der Waals surface area contributed by atoms with Crippen LogP contribution in [0, 0.1) is 0 Å². The molecule has 0 aromatic heterocycles. The molecule has 0 aliphatic heterocycles. The molecule has 90 valence electrons. The highest BCUT2D eigenvalue weighted by molar-refractivity contribution is 5.22. The zero-order valence-electron chi connectivity index (χ0n) is 10.6. The lowest BCUT2D eigenvalue weighted by Gasteiger charge is -2.17. The van der Waals surface area contributed by atoms with Crippen LogP contribution in [0.2, 0.25) is 0 Å². The number of aliphatic hydroxyl groups is 1. The van der Waals surface area contributed by atoms with Crippen LogP contribution in [0.4, 0.5) is 0 Å². The van der Waals surface area contributed by atoms with E-state index in [0.717, 1.165) is 25.9 Å². The van der Waals surface area contributed by atoms with Gasteiger partial charge in [0.1, 0.15) is 0 Å². The van der Waals surface area contributed by atoms with Gasteiger partial charge in [0.15, 0.2) is 0 Å². The Labute approximate surface area is 98.9 Å². The number of rotatable bonds is 6. The molecule has 0 spiro atoms. The van der Waals surface area contributed by atoms with E-state index in [1.165, 1.54) is 11.1 Å². The first kappa shape index (κ1) is 13.2. The van der Waals surface area contributed by atoms with Gasteiger partial charge in [0.2, 0.25) is 0 Å². The molecule has 16 heavy (non-hydrogen) atoms. The van der Waals surface area contributed by atoms with Crippen molar-refractivity contribution in [1.82, 2.24) is 4.90 Å². The van der Waals surface area contributed by atoms with Gasteiger partial charge in [-0.3, -0.25) is 0 Å². The minimum Gasteiger partial charge on any atom is -0.393 e. The molecular formula is C14H23NO. The molecule has 1 rings (SSSR count). The van der Waals surface area contributed by atoms with Crippen molar-refractivity contribution in [2.75, 3.05) is 13.6 Å². The molecule has 2 heteroatoms. The number of aryl methyl sites for hydroxylation is 1. The van der Waals surface area contributed by atoms with E-state index in [1.54, 1.807) is 0 Å². The number of hydrogen-bond acceptors (Lipinski definition) is 2. The fourth-order valence-electron chi connectivity index (χ4n) is 1.68. The third kappa shape index (κ3) is 4.77. The summed E-state index contributed by atoms with van der Waals surface area (Å²) in [6, 6.07) is 8.77. The van der Waals surface area contributed by atoms with Gasteiger partial charge in [-0.2, -0.15) is 0 Å². The van der Waals surface area contributed by atoms with E-state index in [9.17, 15) is 5.11 Å². The Morgan fingerprint density at radius 3 is 2.25 bits per heavy atom. The summed E-state index contributed by atoms with van der Waals surface area (Å²) < 4.78 is 0. The largest absolute Gasteiger partial charge is 0.393 e. The van der Waals surface area contributed by atoms with Gasteiger partial charge < -0.3 is 10.0 Å². The molecule has 0 saturated carbocycles. The SMILES string of the molecule is CCc1ccc(CN(C)CCC(C)O)cc1. The molecule has 0 fully saturated rings. The van der Waals surface area contributed by atoms with E-state index in [0.29, 0.717) is 0 Å². The Morgan fingerprint density at radius 1 is 1.19 bits per heavy atom. The Morgan fingerprint density at radius 2 is 1.75 bits per heavy atom. The molecule has 0 amide bonds. The van der Waals surface area contributed by atoms with Crippen LogP contribution in [0.1, 0.15) is 31.4 Å². The van der Waals surface area contributed by atoms with E-state index in [4.69, 9.17) is 0 Å². The molecule has 1 aromatic carbocycles. The normalized spacial score (nSPS) is 13.1. The highest BCUT2D eigenvalue weighted by Crippen LogP contribution is 2.07. The van der Waals surface area contributed by atoms with Crippen molar-refractivity contribution >= 4 is 0 Å². The molecule has 1 N–H and O–H groups in total. The van der Waals surface area contributed by atoms with Gasteiger partial charge in [-0.25, -0.2) is 0 Å². The van der Waals surface area contributed by atoms with Crippen molar-refractivity contribution in [3.8, 4) is 0 Å². The zero-order chi connectivity index (χ0) is 12.0. The maximum atomic E-state index is 9.21. The van der Waals surface area contributed by atoms with Crippen molar-refractivity contribution in [3.63, 3.8) is 0 Å². The highest BCUT2D eigenvalue weighted by atomic mass is 16.3. The van der Waals surface area contributed by atoms with Gasteiger partial charge in [0, 0.05) is 13.1 Å². The second-order valence-corrected chi connectivity index (χ2v) is 4.55. The summed E-state index contributed by atoms with van der Waals surface area (Å²) in [6.45, 7) is 5.90. The van der Waals surface area contributed by atoms with Crippen molar-refractivity contribution in [1.29, 1.82) is 0 Å². The summed E-state index contributed by atoms with van der Waals surface area (Å²) in [6.07, 6.45) is 1.73. The first-order valence-corrected chi connectivity index (χ1v) is 6.06. The van der Waals surface area contributed by atoms with Crippen LogP contribution in [0.25, 0.3) is 0 Å². The molecule has 0 aliphatic rings. The molecule has 0 bridgehead atoms. The molecule has 2 nitrogen and oxygen atoms in total. The third-order valence-corrected chi connectivity index (χ3v) is 2.81. The number of nitrogens with zero attached hydrogens (tertiary/aromatic N) is 1. The van der Waals surface area contributed by atoms with Gasteiger partial charge in [-0.1, -0.05) is 31.2 Å². The van der Waals surface area contributed by atoms with Crippen molar-refractivity contribution in [3.05, 3.63) is 35.4 Å². The third-order valence-electron chi connectivity index (χ3n) is 2.81. The fraction of sp³-hybridized carbons (Fsp3) is 0.571.